The van der Waals surface area contributed by atoms with E-state index >= 15 is 0 Å². The van der Waals surface area contributed by atoms with Crippen LogP contribution in [0.25, 0.3) is 6.08 Å². The average molecular weight is 174 g/mol. The minimum Gasteiger partial charge on any atom is -0.298 e. The molecule has 0 heterocycles. The maximum absolute atomic E-state index is 10.5. The third-order valence-electron chi connectivity index (χ3n) is 1.88. The Bertz CT molecular complexity index is 344. The highest BCUT2D eigenvalue weighted by molar-refractivity contribution is 5.78. The van der Waals surface area contributed by atoms with Gasteiger partial charge in [0.1, 0.15) is 6.29 Å². The monoisotopic (exact) mass is 174 g/mol. The lowest BCUT2D eigenvalue weighted by molar-refractivity contribution is 0.112. The van der Waals surface area contributed by atoms with Crippen LogP contribution in [0.5, 0.6) is 0 Å². The standard InChI is InChI=1S/C12H14O/c1-9(2)6-11-4-5-12(8-13)10(3)7-11/h4-8H,1-3H3. The average Bonchev–Trinajstić information content (AvgIpc) is 2.03. The van der Waals surface area contributed by atoms with Gasteiger partial charge in [0.2, 0.25) is 0 Å². The topological polar surface area (TPSA) is 17.1 Å². The molecule has 0 bridgehead atoms. The van der Waals surface area contributed by atoms with E-state index in [9.17, 15) is 4.79 Å². The van der Waals surface area contributed by atoms with Gasteiger partial charge < -0.3 is 0 Å². The molecular formula is C12H14O. The quantitative estimate of drug-likeness (QED) is 0.629. The molecule has 1 rings (SSSR count). The van der Waals surface area contributed by atoms with Gasteiger partial charge in [-0.3, -0.25) is 4.79 Å². The van der Waals surface area contributed by atoms with Gasteiger partial charge in [-0.1, -0.05) is 29.8 Å². The van der Waals surface area contributed by atoms with Gasteiger partial charge in [-0.05, 0) is 31.9 Å². The van der Waals surface area contributed by atoms with E-state index in [0.717, 1.165) is 23.0 Å². The van der Waals surface area contributed by atoms with E-state index in [0.29, 0.717) is 0 Å². The summed E-state index contributed by atoms with van der Waals surface area (Å²) >= 11 is 0. The van der Waals surface area contributed by atoms with Gasteiger partial charge in [0.25, 0.3) is 0 Å². The van der Waals surface area contributed by atoms with Crippen LogP contribution in [0.1, 0.15) is 35.3 Å². The Hall–Kier alpha value is -1.37. The molecular weight excluding hydrogens is 160 g/mol. The van der Waals surface area contributed by atoms with Crippen LogP contribution in [-0.2, 0) is 0 Å². The van der Waals surface area contributed by atoms with E-state index in [2.05, 4.69) is 19.9 Å². The van der Waals surface area contributed by atoms with Gasteiger partial charge in [-0.15, -0.1) is 0 Å². The van der Waals surface area contributed by atoms with Gasteiger partial charge in [0.15, 0.2) is 0 Å². The van der Waals surface area contributed by atoms with Gasteiger partial charge in [0.05, 0.1) is 0 Å². The second-order valence-electron chi connectivity index (χ2n) is 3.46. The molecule has 0 aliphatic carbocycles. The van der Waals surface area contributed by atoms with Crippen LogP contribution in [0.3, 0.4) is 0 Å². The highest BCUT2D eigenvalue weighted by Gasteiger charge is 1.96. The van der Waals surface area contributed by atoms with E-state index in [1.54, 1.807) is 0 Å². The molecule has 0 aliphatic heterocycles. The number of hydrogen-bond donors (Lipinski definition) is 0. The molecule has 1 nitrogen and oxygen atoms in total. The van der Waals surface area contributed by atoms with Crippen molar-refractivity contribution < 1.29 is 4.79 Å². The molecule has 0 spiro atoms. The normalized spacial score (nSPS) is 9.46. The SMILES string of the molecule is CC(C)=Cc1ccc(C=O)c(C)c1. The largest absolute Gasteiger partial charge is 0.298 e. The van der Waals surface area contributed by atoms with Crippen LogP contribution < -0.4 is 0 Å². The highest BCUT2D eigenvalue weighted by Crippen LogP contribution is 2.12. The zero-order valence-corrected chi connectivity index (χ0v) is 8.29. The lowest BCUT2D eigenvalue weighted by Gasteiger charge is -2.00. The molecule has 0 amide bonds. The van der Waals surface area contributed by atoms with E-state index in [4.69, 9.17) is 0 Å². The maximum Gasteiger partial charge on any atom is 0.150 e. The first-order valence-corrected chi connectivity index (χ1v) is 4.34. The van der Waals surface area contributed by atoms with Crippen LogP contribution in [0, 0.1) is 6.92 Å². The van der Waals surface area contributed by atoms with Crippen molar-refractivity contribution in [2.45, 2.75) is 20.8 Å². The third kappa shape index (κ3) is 2.55. The lowest BCUT2D eigenvalue weighted by Crippen LogP contribution is -1.86. The zero-order valence-electron chi connectivity index (χ0n) is 8.29. The fourth-order valence-electron chi connectivity index (χ4n) is 1.25. The summed E-state index contributed by atoms with van der Waals surface area (Å²) in [5.41, 5.74) is 4.22. The molecule has 0 N–H and O–H groups in total. The van der Waals surface area contributed by atoms with Crippen molar-refractivity contribution >= 4 is 12.4 Å². The van der Waals surface area contributed by atoms with Crippen molar-refractivity contribution in [1.82, 2.24) is 0 Å². The number of rotatable bonds is 2. The summed E-state index contributed by atoms with van der Waals surface area (Å²) in [5, 5.41) is 0. The molecule has 0 aromatic heterocycles. The van der Waals surface area contributed by atoms with Crippen LogP contribution in [0.2, 0.25) is 0 Å². The second kappa shape index (κ2) is 4.04. The Morgan fingerprint density at radius 3 is 2.46 bits per heavy atom. The molecule has 1 heteroatoms. The van der Waals surface area contributed by atoms with E-state index in [-0.39, 0.29) is 0 Å². The maximum atomic E-state index is 10.5. The fraction of sp³-hybridized carbons (Fsp3) is 0.250. The molecule has 13 heavy (non-hydrogen) atoms. The highest BCUT2D eigenvalue weighted by atomic mass is 16.1. The summed E-state index contributed by atoms with van der Waals surface area (Å²) in [7, 11) is 0. The number of aldehydes is 1. The van der Waals surface area contributed by atoms with Crippen LogP contribution in [-0.4, -0.2) is 6.29 Å². The molecule has 0 saturated carbocycles. The molecule has 0 fully saturated rings. The second-order valence-corrected chi connectivity index (χ2v) is 3.46. The molecule has 1 aromatic rings. The van der Waals surface area contributed by atoms with Gasteiger partial charge in [0, 0.05) is 5.56 Å². The number of benzene rings is 1. The molecule has 0 aliphatic rings. The summed E-state index contributed by atoms with van der Waals surface area (Å²) in [5.74, 6) is 0. The summed E-state index contributed by atoms with van der Waals surface area (Å²) < 4.78 is 0. The first-order chi connectivity index (χ1) is 6.13. The summed E-state index contributed by atoms with van der Waals surface area (Å²) in [6, 6.07) is 5.84. The molecule has 0 unspecified atom stereocenters. The minimum absolute atomic E-state index is 0.769. The summed E-state index contributed by atoms with van der Waals surface area (Å²) in [6.07, 6.45) is 2.99. The van der Waals surface area contributed by atoms with E-state index < -0.39 is 0 Å². The van der Waals surface area contributed by atoms with Gasteiger partial charge in [-0.2, -0.15) is 0 Å². The molecule has 0 saturated heterocycles. The van der Waals surface area contributed by atoms with E-state index in [1.807, 2.05) is 25.1 Å². The number of aryl methyl sites for hydroxylation is 1. The molecule has 1 aromatic carbocycles. The summed E-state index contributed by atoms with van der Waals surface area (Å²) in [6.45, 7) is 6.07. The van der Waals surface area contributed by atoms with Crippen molar-refractivity contribution in [3.05, 3.63) is 40.5 Å². The lowest BCUT2D eigenvalue weighted by atomic mass is 10.0. The molecule has 0 radical (unpaired) electrons. The van der Waals surface area contributed by atoms with Crippen LogP contribution in [0.15, 0.2) is 23.8 Å². The van der Waals surface area contributed by atoms with Gasteiger partial charge >= 0.3 is 0 Å². The predicted octanol–water partition coefficient (Wildman–Crippen LogP) is 3.23. The Kier molecular flexibility index (Phi) is 3.02. The van der Waals surface area contributed by atoms with E-state index in [1.165, 1.54) is 5.57 Å². The van der Waals surface area contributed by atoms with Crippen LogP contribution in [0.4, 0.5) is 0 Å². The van der Waals surface area contributed by atoms with Crippen LogP contribution >= 0.6 is 0 Å². The number of carbonyl (C=O) groups is 1. The fourth-order valence-corrected chi connectivity index (χ4v) is 1.25. The smallest absolute Gasteiger partial charge is 0.150 e. The third-order valence-corrected chi connectivity index (χ3v) is 1.88. The first kappa shape index (κ1) is 9.72. The van der Waals surface area contributed by atoms with Crippen molar-refractivity contribution in [3.63, 3.8) is 0 Å². The van der Waals surface area contributed by atoms with Crippen molar-refractivity contribution in [3.8, 4) is 0 Å². The predicted molar refractivity (Wildman–Crippen MR) is 55.9 cm³/mol. The Labute approximate surface area is 79.1 Å². The first-order valence-electron chi connectivity index (χ1n) is 4.34. The minimum atomic E-state index is 0.769. The Morgan fingerprint density at radius 1 is 1.31 bits per heavy atom. The summed E-state index contributed by atoms with van der Waals surface area (Å²) in [4.78, 5) is 10.5. The number of hydrogen-bond acceptors (Lipinski definition) is 1. The molecule has 0 atom stereocenters. The van der Waals surface area contributed by atoms with Crippen molar-refractivity contribution in [2.24, 2.45) is 0 Å². The van der Waals surface area contributed by atoms with Crippen molar-refractivity contribution in [1.29, 1.82) is 0 Å². The van der Waals surface area contributed by atoms with Gasteiger partial charge in [-0.25, -0.2) is 0 Å². The number of allylic oxidation sites excluding steroid dienone is 1. The Balaban J connectivity index is 3.10. The zero-order chi connectivity index (χ0) is 9.84. The molecule has 68 valence electrons. The van der Waals surface area contributed by atoms with Crippen molar-refractivity contribution in [2.75, 3.05) is 0 Å². The Morgan fingerprint density at radius 2 is 2.00 bits per heavy atom. The number of carbonyl (C=O) groups excluding carboxylic acids is 1.